The van der Waals surface area contributed by atoms with Crippen molar-refractivity contribution in [1.82, 2.24) is 25.5 Å². The van der Waals surface area contributed by atoms with Gasteiger partial charge in [-0.25, -0.2) is 4.68 Å². The Morgan fingerprint density at radius 1 is 1.45 bits per heavy atom. The van der Waals surface area contributed by atoms with Gasteiger partial charge in [-0.05, 0) is 29.5 Å². The van der Waals surface area contributed by atoms with E-state index in [9.17, 15) is 10.1 Å². The molecule has 0 amide bonds. The van der Waals surface area contributed by atoms with Gasteiger partial charge in [-0.3, -0.25) is 10.1 Å². The average Bonchev–Trinajstić information content (AvgIpc) is 2.85. The molecule has 0 saturated heterocycles. The number of nitro groups is 1. The molecule has 1 N–H and O–H groups in total. The zero-order valence-electron chi connectivity index (χ0n) is 11.4. The molecule has 2 aromatic rings. The molecule has 0 aliphatic carbocycles. The Kier molecular flexibility index (Phi) is 4.36. The quantitative estimate of drug-likeness (QED) is 0.625. The van der Waals surface area contributed by atoms with E-state index in [1.165, 1.54) is 6.07 Å². The number of aromatic nitrogens is 4. The minimum atomic E-state index is -0.377. The number of rotatable bonds is 6. The van der Waals surface area contributed by atoms with Gasteiger partial charge in [0, 0.05) is 11.6 Å². The highest BCUT2D eigenvalue weighted by molar-refractivity contribution is 5.44. The second-order valence-electron chi connectivity index (χ2n) is 4.35. The number of nitro benzene ring substituents is 1. The molecule has 0 unspecified atom stereocenters. The maximum absolute atomic E-state index is 10.9. The molecular weight excluding hydrogens is 260 g/mol. The fourth-order valence-electron chi connectivity index (χ4n) is 1.91. The van der Waals surface area contributed by atoms with Crippen LogP contribution in [0.5, 0.6) is 0 Å². The maximum atomic E-state index is 10.9. The van der Waals surface area contributed by atoms with Crippen LogP contribution in [0, 0.1) is 17.0 Å². The molecule has 0 bridgehead atoms. The van der Waals surface area contributed by atoms with E-state index in [1.807, 2.05) is 13.0 Å². The predicted molar refractivity (Wildman–Crippen MR) is 72.1 cm³/mol. The average molecular weight is 276 g/mol. The van der Waals surface area contributed by atoms with Crippen molar-refractivity contribution in [3.05, 3.63) is 45.3 Å². The maximum Gasteiger partial charge on any atom is 0.272 e. The monoisotopic (exact) mass is 276 g/mol. The van der Waals surface area contributed by atoms with Gasteiger partial charge in [0.1, 0.15) is 0 Å². The summed E-state index contributed by atoms with van der Waals surface area (Å²) in [5.41, 5.74) is 1.59. The molecular formula is C12H16N6O2. The van der Waals surface area contributed by atoms with E-state index in [2.05, 4.69) is 20.8 Å². The van der Waals surface area contributed by atoms with Crippen LogP contribution in [0.25, 0.3) is 0 Å². The first-order valence-electron chi connectivity index (χ1n) is 6.32. The molecule has 20 heavy (non-hydrogen) atoms. The lowest BCUT2D eigenvalue weighted by molar-refractivity contribution is -0.385. The normalized spacial score (nSPS) is 10.7. The second kappa shape index (κ2) is 6.20. The smallest absolute Gasteiger partial charge is 0.272 e. The van der Waals surface area contributed by atoms with Crippen molar-refractivity contribution in [3.63, 3.8) is 0 Å². The number of nitrogens with zero attached hydrogens (tertiary/aromatic N) is 5. The van der Waals surface area contributed by atoms with Gasteiger partial charge in [0.2, 0.25) is 0 Å². The zero-order valence-corrected chi connectivity index (χ0v) is 11.4. The Balaban J connectivity index is 2.24. The summed E-state index contributed by atoms with van der Waals surface area (Å²) in [5, 5.41) is 25.6. The van der Waals surface area contributed by atoms with Crippen LogP contribution in [0.15, 0.2) is 18.2 Å². The largest absolute Gasteiger partial charge is 0.310 e. The molecule has 1 aromatic heterocycles. The Bertz CT molecular complexity index is 610. The molecule has 2 rings (SSSR count). The molecule has 8 heteroatoms. The van der Waals surface area contributed by atoms with Gasteiger partial charge >= 0.3 is 0 Å². The molecule has 0 radical (unpaired) electrons. The summed E-state index contributed by atoms with van der Waals surface area (Å²) in [6.07, 6.45) is 0. The molecule has 0 aliphatic rings. The highest BCUT2D eigenvalue weighted by Crippen LogP contribution is 2.21. The van der Waals surface area contributed by atoms with Gasteiger partial charge < -0.3 is 5.32 Å². The second-order valence-corrected chi connectivity index (χ2v) is 4.35. The van der Waals surface area contributed by atoms with E-state index in [4.69, 9.17) is 0 Å². The lowest BCUT2D eigenvalue weighted by Crippen LogP contribution is -2.17. The van der Waals surface area contributed by atoms with Crippen LogP contribution in [0.2, 0.25) is 0 Å². The summed E-state index contributed by atoms with van der Waals surface area (Å²) in [5.74, 6) is 0.706. The lowest BCUT2D eigenvalue weighted by atomic mass is 10.1. The molecule has 8 nitrogen and oxygen atoms in total. The number of benzene rings is 1. The van der Waals surface area contributed by atoms with Crippen molar-refractivity contribution in [2.75, 3.05) is 6.54 Å². The number of nitrogens with one attached hydrogen (secondary N) is 1. The van der Waals surface area contributed by atoms with Crippen molar-refractivity contribution in [1.29, 1.82) is 0 Å². The van der Waals surface area contributed by atoms with Crippen LogP contribution >= 0.6 is 0 Å². The number of tetrazole rings is 1. The topological polar surface area (TPSA) is 98.8 Å². The highest BCUT2D eigenvalue weighted by Gasteiger charge is 2.15. The Morgan fingerprint density at radius 2 is 2.25 bits per heavy atom. The van der Waals surface area contributed by atoms with E-state index in [0.717, 1.165) is 12.1 Å². The van der Waals surface area contributed by atoms with E-state index in [-0.39, 0.29) is 10.6 Å². The lowest BCUT2D eigenvalue weighted by Gasteiger charge is -2.08. The van der Waals surface area contributed by atoms with Crippen LogP contribution in [0.3, 0.4) is 0 Å². The van der Waals surface area contributed by atoms with Crippen molar-refractivity contribution in [3.8, 4) is 0 Å². The fourth-order valence-corrected chi connectivity index (χ4v) is 1.91. The van der Waals surface area contributed by atoms with Gasteiger partial charge in [0.25, 0.3) is 5.69 Å². The van der Waals surface area contributed by atoms with Crippen LogP contribution in [0.4, 0.5) is 5.69 Å². The van der Waals surface area contributed by atoms with Crippen LogP contribution in [-0.2, 0) is 13.1 Å². The Morgan fingerprint density at radius 3 is 2.95 bits per heavy atom. The molecule has 106 valence electrons. The van der Waals surface area contributed by atoms with E-state index in [0.29, 0.717) is 24.5 Å². The first kappa shape index (κ1) is 14.1. The third kappa shape index (κ3) is 2.97. The highest BCUT2D eigenvalue weighted by atomic mass is 16.6. The van der Waals surface area contributed by atoms with Crippen LogP contribution < -0.4 is 5.32 Å². The Hall–Kier alpha value is -2.35. The molecule has 0 fully saturated rings. The summed E-state index contributed by atoms with van der Waals surface area (Å²) in [7, 11) is 0. The van der Waals surface area contributed by atoms with Gasteiger partial charge in [0.05, 0.1) is 18.0 Å². The van der Waals surface area contributed by atoms with Crippen molar-refractivity contribution >= 4 is 5.69 Å². The molecule has 0 saturated carbocycles. The molecule has 0 spiro atoms. The Labute approximate surface area is 115 Å². The zero-order chi connectivity index (χ0) is 14.5. The molecule has 0 atom stereocenters. The predicted octanol–water partition coefficient (Wildman–Crippen LogP) is 1.05. The number of hydrogen-bond acceptors (Lipinski definition) is 6. The standard InChI is InChI=1S/C12H16N6O2/c1-3-13-7-12-14-15-16-17(12)8-10-5-4-6-11(9(10)2)18(19)20/h4-6,13H,3,7-8H2,1-2H3. The molecule has 1 aromatic carbocycles. The van der Waals surface area contributed by atoms with Gasteiger partial charge in [0.15, 0.2) is 5.82 Å². The SMILES string of the molecule is CCNCc1nnnn1Cc1cccc([N+](=O)[O-])c1C. The minimum Gasteiger partial charge on any atom is -0.310 e. The van der Waals surface area contributed by atoms with Crippen LogP contribution in [0.1, 0.15) is 23.9 Å². The molecule has 1 heterocycles. The van der Waals surface area contributed by atoms with Gasteiger partial charge in [-0.15, -0.1) is 5.10 Å². The van der Waals surface area contributed by atoms with Crippen molar-refractivity contribution < 1.29 is 4.92 Å². The van der Waals surface area contributed by atoms with Gasteiger partial charge in [-0.1, -0.05) is 19.1 Å². The van der Waals surface area contributed by atoms with Crippen molar-refractivity contribution in [2.24, 2.45) is 0 Å². The van der Waals surface area contributed by atoms with Crippen LogP contribution in [-0.4, -0.2) is 31.7 Å². The minimum absolute atomic E-state index is 0.115. The summed E-state index contributed by atoms with van der Waals surface area (Å²) in [6.45, 7) is 5.54. The van der Waals surface area contributed by atoms with E-state index in [1.54, 1.807) is 17.7 Å². The van der Waals surface area contributed by atoms with E-state index >= 15 is 0 Å². The summed E-state index contributed by atoms with van der Waals surface area (Å²) >= 11 is 0. The van der Waals surface area contributed by atoms with Crippen molar-refractivity contribution in [2.45, 2.75) is 26.9 Å². The van der Waals surface area contributed by atoms with E-state index < -0.39 is 0 Å². The first-order valence-corrected chi connectivity index (χ1v) is 6.32. The number of hydrogen-bond donors (Lipinski definition) is 1. The first-order chi connectivity index (χ1) is 9.63. The molecule has 0 aliphatic heterocycles. The third-order valence-corrected chi connectivity index (χ3v) is 3.07. The fraction of sp³-hybridized carbons (Fsp3) is 0.417. The summed E-state index contributed by atoms with van der Waals surface area (Å²) in [6, 6.07) is 5.02. The third-order valence-electron chi connectivity index (χ3n) is 3.07. The van der Waals surface area contributed by atoms with Gasteiger partial charge in [-0.2, -0.15) is 0 Å². The summed E-state index contributed by atoms with van der Waals surface area (Å²) < 4.78 is 1.65. The summed E-state index contributed by atoms with van der Waals surface area (Å²) in [4.78, 5) is 10.6.